The van der Waals surface area contributed by atoms with Crippen molar-refractivity contribution in [2.75, 3.05) is 6.54 Å². The van der Waals surface area contributed by atoms with E-state index < -0.39 is 0 Å². The van der Waals surface area contributed by atoms with Crippen molar-refractivity contribution in [3.8, 4) is 11.3 Å². The normalized spacial score (nSPS) is 18.7. The lowest BCUT2D eigenvalue weighted by Gasteiger charge is -2.21. The molecule has 0 saturated carbocycles. The van der Waals surface area contributed by atoms with Crippen LogP contribution in [0.15, 0.2) is 36.4 Å². The summed E-state index contributed by atoms with van der Waals surface area (Å²) in [6.45, 7) is 1.02. The second-order valence-corrected chi connectivity index (χ2v) is 5.99. The lowest BCUT2D eigenvalue weighted by atomic mass is 10.0. The first-order chi connectivity index (χ1) is 10.8. The number of nitrogens with zero attached hydrogens (tertiary/aromatic N) is 4. The second-order valence-electron chi connectivity index (χ2n) is 5.56. The van der Waals surface area contributed by atoms with Gasteiger partial charge in [-0.25, -0.2) is 0 Å². The molecular formula is C16H16ClN5. The third-order valence-electron chi connectivity index (χ3n) is 4.05. The summed E-state index contributed by atoms with van der Waals surface area (Å²) in [5.41, 5.74) is 2.70. The summed E-state index contributed by atoms with van der Waals surface area (Å²) < 4.78 is 1.85. The van der Waals surface area contributed by atoms with Crippen molar-refractivity contribution in [3.63, 3.8) is 0 Å². The average molecular weight is 314 g/mol. The van der Waals surface area contributed by atoms with Gasteiger partial charge in [-0.15, -0.1) is 10.2 Å². The van der Waals surface area contributed by atoms with Crippen LogP contribution in [0.1, 0.15) is 31.1 Å². The monoisotopic (exact) mass is 313 g/mol. The fourth-order valence-electron chi connectivity index (χ4n) is 2.87. The lowest BCUT2D eigenvalue weighted by molar-refractivity contribution is 0.392. The van der Waals surface area contributed by atoms with E-state index in [4.69, 9.17) is 16.7 Å². The van der Waals surface area contributed by atoms with Gasteiger partial charge in [0.05, 0.1) is 11.7 Å². The largest absolute Gasteiger partial charge is 0.307 e. The summed E-state index contributed by atoms with van der Waals surface area (Å²) in [4.78, 5) is 0. The Kier molecular flexibility index (Phi) is 3.52. The van der Waals surface area contributed by atoms with E-state index in [1.807, 2.05) is 40.9 Å². The fourth-order valence-corrected chi connectivity index (χ4v) is 3.00. The van der Waals surface area contributed by atoms with Gasteiger partial charge in [-0.2, -0.15) is 9.61 Å². The molecular weight excluding hydrogens is 298 g/mol. The van der Waals surface area contributed by atoms with E-state index in [2.05, 4.69) is 15.5 Å². The van der Waals surface area contributed by atoms with Crippen molar-refractivity contribution in [2.24, 2.45) is 0 Å². The maximum Gasteiger partial charge on any atom is 0.178 e. The predicted octanol–water partition coefficient (Wildman–Crippen LogP) is 3.26. The Balaban J connectivity index is 1.77. The SMILES string of the molecule is Clc1ccc(-c2ccc3nnc([C@H]4CCCCN4)n3n2)cc1. The lowest BCUT2D eigenvalue weighted by Crippen LogP contribution is -2.28. The van der Waals surface area contributed by atoms with Gasteiger partial charge in [-0.3, -0.25) is 0 Å². The zero-order valence-electron chi connectivity index (χ0n) is 12.0. The Hall–Kier alpha value is -1.98. The molecule has 1 aliphatic heterocycles. The maximum atomic E-state index is 5.95. The maximum absolute atomic E-state index is 5.95. The van der Waals surface area contributed by atoms with E-state index in [1.165, 1.54) is 12.8 Å². The second kappa shape index (κ2) is 5.66. The number of piperidine rings is 1. The summed E-state index contributed by atoms with van der Waals surface area (Å²) in [5, 5.41) is 17.5. The molecule has 2 aromatic heterocycles. The molecule has 1 atom stereocenters. The standard InChI is InChI=1S/C16H16ClN5/c17-12-6-4-11(5-7-12)13-8-9-15-19-20-16(22(15)21-13)14-3-1-2-10-18-14/h4-9,14,18H,1-3,10H2/t14-/m1/s1. The van der Waals surface area contributed by atoms with Crippen molar-refractivity contribution in [1.29, 1.82) is 0 Å². The smallest absolute Gasteiger partial charge is 0.178 e. The van der Waals surface area contributed by atoms with Crippen LogP contribution in [0.25, 0.3) is 16.9 Å². The number of fused-ring (bicyclic) bond motifs is 1. The quantitative estimate of drug-likeness (QED) is 0.789. The first-order valence-electron chi connectivity index (χ1n) is 7.53. The molecule has 1 aliphatic rings. The summed E-state index contributed by atoms with van der Waals surface area (Å²) in [7, 11) is 0. The van der Waals surface area contributed by atoms with Gasteiger partial charge >= 0.3 is 0 Å². The van der Waals surface area contributed by atoms with Gasteiger partial charge in [0.25, 0.3) is 0 Å². The molecule has 1 saturated heterocycles. The number of halogens is 1. The summed E-state index contributed by atoms with van der Waals surface area (Å²) >= 11 is 5.95. The number of aromatic nitrogens is 4. The number of hydrogen-bond acceptors (Lipinski definition) is 4. The van der Waals surface area contributed by atoms with E-state index in [-0.39, 0.29) is 6.04 Å². The highest BCUT2D eigenvalue weighted by molar-refractivity contribution is 6.30. The van der Waals surface area contributed by atoms with Crippen LogP contribution < -0.4 is 5.32 Å². The van der Waals surface area contributed by atoms with E-state index >= 15 is 0 Å². The summed E-state index contributed by atoms with van der Waals surface area (Å²) in [5.74, 6) is 0.894. The van der Waals surface area contributed by atoms with Crippen molar-refractivity contribution in [3.05, 3.63) is 47.2 Å². The third-order valence-corrected chi connectivity index (χ3v) is 4.30. The van der Waals surface area contributed by atoms with Crippen molar-refractivity contribution < 1.29 is 0 Å². The Morgan fingerprint density at radius 3 is 2.68 bits per heavy atom. The molecule has 3 heterocycles. The zero-order chi connectivity index (χ0) is 14.9. The molecule has 1 N–H and O–H groups in total. The summed E-state index contributed by atoms with van der Waals surface area (Å²) in [6, 6.07) is 11.8. The molecule has 0 unspecified atom stereocenters. The van der Waals surface area contributed by atoms with Crippen LogP contribution in [0.2, 0.25) is 5.02 Å². The Labute approximate surface area is 133 Å². The molecule has 22 heavy (non-hydrogen) atoms. The molecule has 1 fully saturated rings. The first-order valence-corrected chi connectivity index (χ1v) is 7.91. The van der Waals surface area contributed by atoms with Gasteiger partial charge in [0.1, 0.15) is 0 Å². The molecule has 0 spiro atoms. The minimum Gasteiger partial charge on any atom is -0.307 e. The van der Waals surface area contributed by atoms with E-state index in [0.29, 0.717) is 0 Å². The number of benzene rings is 1. The van der Waals surface area contributed by atoms with Crippen LogP contribution in [-0.4, -0.2) is 26.4 Å². The molecule has 3 aromatic rings. The van der Waals surface area contributed by atoms with Crippen LogP contribution in [-0.2, 0) is 0 Å². The van der Waals surface area contributed by atoms with Gasteiger partial charge in [0.15, 0.2) is 11.5 Å². The molecule has 4 rings (SSSR count). The minimum absolute atomic E-state index is 0.233. The van der Waals surface area contributed by atoms with Crippen LogP contribution in [0, 0.1) is 0 Å². The van der Waals surface area contributed by atoms with Crippen LogP contribution in [0.4, 0.5) is 0 Å². The Morgan fingerprint density at radius 2 is 1.91 bits per heavy atom. The van der Waals surface area contributed by atoms with Crippen molar-refractivity contribution >= 4 is 17.2 Å². The number of nitrogens with one attached hydrogen (secondary N) is 1. The van der Waals surface area contributed by atoms with Gasteiger partial charge < -0.3 is 5.32 Å². The van der Waals surface area contributed by atoms with E-state index in [0.717, 1.165) is 40.7 Å². The van der Waals surface area contributed by atoms with E-state index in [9.17, 15) is 0 Å². The molecule has 5 nitrogen and oxygen atoms in total. The highest BCUT2D eigenvalue weighted by Gasteiger charge is 2.21. The number of hydrogen-bond donors (Lipinski definition) is 1. The van der Waals surface area contributed by atoms with Crippen LogP contribution in [0.5, 0.6) is 0 Å². The summed E-state index contributed by atoms with van der Waals surface area (Å²) in [6.07, 6.45) is 3.51. The minimum atomic E-state index is 0.233. The molecule has 0 bridgehead atoms. The Morgan fingerprint density at radius 1 is 1.05 bits per heavy atom. The van der Waals surface area contributed by atoms with Crippen molar-refractivity contribution in [2.45, 2.75) is 25.3 Å². The fraction of sp³-hybridized carbons (Fsp3) is 0.312. The topological polar surface area (TPSA) is 55.1 Å². The molecule has 112 valence electrons. The van der Waals surface area contributed by atoms with Crippen LogP contribution in [0.3, 0.4) is 0 Å². The highest BCUT2D eigenvalue weighted by Crippen LogP contribution is 2.24. The number of rotatable bonds is 2. The zero-order valence-corrected chi connectivity index (χ0v) is 12.8. The first kappa shape index (κ1) is 13.7. The third kappa shape index (κ3) is 2.46. The van der Waals surface area contributed by atoms with Crippen LogP contribution >= 0.6 is 11.6 Å². The van der Waals surface area contributed by atoms with Gasteiger partial charge in [-0.1, -0.05) is 30.2 Å². The molecule has 0 radical (unpaired) electrons. The highest BCUT2D eigenvalue weighted by atomic mass is 35.5. The molecule has 0 amide bonds. The predicted molar refractivity (Wildman–Crippen MR) is 85.8 cm³/mol. The van der Waals surface area contributed by atoms with E-state index in [1.54, 1.807) is 0 Å². The van der Waals surface area contributed by atoms with Gasteiger partial charge in [0.2, 0.25) is 0 Å². The molecule has 0 aliphatic carbocycles. The Bertz CT molecular complexity index is 790. The molecule has 6 heteroatoms. The molecule has 1 aromatic carbocycles. The van der Waals surface area contributed by atoms with Gasteiger partial charge in [0, 0.05) is 10.6 Å². The van der Waals surface area contributed by atoms with Crippen molar-refractivity contribution in [1.82, 2.24) is 25.1 Å². The van der Waals surface area contributed by atoms with Gasteiger partial charge in [-0.05, 0) is 43.7 Å². The average Bonchev–Trinajstić information content (AvgIpc) is 2.99.